The first kappa shape index (κ1) is 21.7. The van der Waals surface area contributed by atoms with Gasteiger partial charge in [-0.15, -0.1) is 0 Å². The van der Waals surface area contributed by atoms with E-state index in [1.807, 2.05) is 17.9 Å². The van der Waals surface area contributed by atoms with Gasteiger partial charge in [0.15, 0.2) is 0 Å². The molecule has 2 saturated heterocycles. The van der Waals surface area contributed by atoms with Crippen LogP contribution in [0.3, 0.4) is 0 Å². The van der Waals surface area contributed by atoms with Crippen LogP contribution in [0.4, 0.5) is 0 Å². The number of fused-ring (bicyclic) bond motifs is 1. The molecule has 4 heterocycles. The molecule has 172 valence electrons. The Morgan fingerprint density at radius 2 is 1.94 bits per heavy atom. The second kappa shape index (κ2) is 7.71. The highest BCUT2D eigenvalue weighted by molar-refractivity contribution is 8.03. The lowest BCUT2D eigenvalue weighted by Gasteiger charge is -2.38. The van der Waals surface area contributed by atoms with Crippen LogP contribution in [0.15, 0.2) is 23.2 Å². The molecule has 0 aromatic heterocycles. The monoisotopic (exact) mass is 458 g/mol. The Kier molecular flexibility index (Phi) is 5.22. The number of likely N-dealkylation sites (tertiary alicyclic amines) is 2. The number of amides is 1. The molecule has 1 spiro atoms. The van der Waals surface area contributed by atoms with Crippen LogP contribution in [0.5, 0.6) is 0 Å². The molecular formula is C24H30N2O5S. The van der Waals surface area contributed by atoms with Crippen LogP contribution in [0, 0.1) is 12.3 Å². The lowest BCUT2D eigenvalue weighted by molar-refractivity contribution is -0.137. The summed E-state index contributed by atoms with van der Waals surface area (Å²) in [6.07, 6.45) is 2.38. The minimum absolute atomic E-state index is 0.167. The Hall–Kier alpha value is -2.16. The van der Waals surface area contributed by atoms with Crippen molar-refractivity contribution in [2.45, 2.75) is 45.3 Å². The SMILES string of the molecule is C=S1(=O)C=C(N2CCC3(CCN(C[C@H](O)c4ccc5c(c4C)COC5=O)CC3)C2=O)CC1. The molecule has 4 aliphatic heterocycles. The molecule has 2 fully saturated rings. The fourth-order valence-electron chi connectivity index (χ4n) is 5.64. The van der Waals surface area contributed by atoms with Crippen molar-refractivity contribution in [2.24, 2.45) is 5.41 Å². The molecule has 1 unspecified atom stereocenters. The summed E-state index contributed by atoms with van der Waals surface area (Å²) in [5, 5.41) is 12.6. The molecule has 32 heavy (non-hydrogen) atoms. The van der Waals surface area contributed by atoms with Crippen molar-refractivity contribution in [1.82, 2.24) is 9.80 Å². The van der Waals surface area contributed by atoms with Crippen molar-refractivity contribution in [3.05, 3.63) is 45.5 Å². The molecule has 0 bridgehead atoms. The summed E-state index contributed by atoms with van der Waals surface area (Å²) in [4.78, 5) is 29.1. The molecular weight excluding hydrogens is 428 g/mol. The van der Waals surface area contributed by atoms with E-state index >= 15 is 0 Å². The Labute approximate surface area is 189 Å². The van der Waals surface area contributed by atoms with E-state index in [9.17, 15) is 18.9 Å². The predicted octanol–water partition coefficient (Wildman–Crippen LogP) is 1.97. The van der Waals surface area contributed by atoms with Crippen LogP contribution >= 0.6 is 0 Å². The molecule has 1 amide bonds. The van der Waals surface area contributed by atoms with Crippen LogP contribution in [-0.2, 0) is 25.7 Å². The molecule has 0 saturated carbocycles. The van der Waals surface area contributed by atoms with Gasteiger partial charge in [-0.3, -0.25) is 9.00 Å². The van der Waals surface area contributed by atoms with Gasteiger partial charge < -0.3 is 19.6 Å². The molecule has 2 atom stereocenters. The third kappa shape index (κ3) is 3.58. The van der Waals surface area contributed by atoms with Crippen molar-refractivity contribution in [3.8, 4) is 0 Å². The number of cyclic esters (lactones) is 1. The number of benzene rings is 1. The highest BCUT2D eigenvalue weighted by atomic mass is 32.2. The van der Waals surface area contributed by atoms with Gasteiger partial charge in [-0.25, -0.2) is 4.79 Å². The summed E-state index contributed by atoms with van der Waals surface area (Å²) in [7, 11) is -2.18. The largest absolute Gasteiger partial charge is 0.457 e. The standard InChI is InChI=1S/C24H30N2O5S/c1-16-18(3-4-19-20(16)14-31-22(19)28)21(27)13-25-9-6-24(7-10-25)8-11-26(23(24)29)17-5-12-32(2,30)15-17/h3-4,15,21,27H,2,5-14H2,1H3/t21-,32?/m0/s1. The summed E-state index contributed by atoms with van der Waals surface area (Å²) in [6, 6.07) is 3.57. The maximum absolute atomic E-state index is 13.3. The fraction of sp³-hybridized carbons (Fsp3) is 0.542. The zero-order chi connectivity index (χ0) is 22.7. The third-order valence-electron chi connectivity index (χ3n) is 7.73. The van der Waals surface area contributed by atoms with Crippen LogP contribution in [0.2, 0.25) is 0 Å². The van der Waals surface area contributed by atoms with E-state index in [-0.39, 0.29) is 23.9 Å². The molecule has 0 radical (unpaired) electrons. The second-order valence-electron chi connectivity index (χ2n) is 9.62. The first-order chi connectivity index (χ1) is 15.2. The molecule has 7 nitrogen and oxygen atoms in total. The number of aliphatic hydroxyl groups is 1. The number of allylic oxidation sites excluding steroid dienone is 1. The van der Waals surface area contributed by atoms with E-state index in [0.29, 0.717) is 30.8 Å². The summed E-state index contributed by atoms with van der Waals surface area (Å²) in [5.74, 6) is 4.17. The molecule has 1 aromatic carbocycles. The second-order valence-corrected chi connectivity index (χ2v) is 12.0. The first-order valence-corrected chi connectivity index (χ1v) is 13.2. The molecule has 8 heteroatoms. The van der Waals surface area contributed by atoms with Crippen LogP contribution in [-0.4, -0.2) is 68.8 Å². The number of ether oxygens (including phenoxy) is 1. The number of carbonyl (C=O) groups is 2. The Balaban J connectivity index is 1.22. The summed E-state index contributed by atoms with van der Waals surface area (Å²) in [5.41, 5.74) is 3.76. The van der Waals surface area contributed by atoms with E-state index in [1.54, 1.807) is 11.5 Å². The number of hydrogen-bond acceptors (Lipinski definition) is 6. The predicted molar refractivity (Wildman–Crippen MR) is 123 cm³/mol. The number of nitrogens with zero attached hydrogens (tertiary/aromatic N) is 2. The van der Waals surface area contributed by atoms with Gasteiger partial charge in [-0.05, 0) is 78.3 Å². The number of esters is 1. The Morgan fingerprint density at radius 3 is 2.62 bits per heavy atom. The number of aliphatic hydroxyl groups excluding tert-OH is 1. The maximum atomic E-state index is 13.3. The average Bonchev–Trinajstić information content (AvgIpc) is 3.41. The molecule has 0 aliphatic carbocycles. The zero-order valence-corrected chi connectivity index (χ0v) is 19.3. The van der Waals surface area contributed by atoms with Crippen LogP contribution in [0.1, 0.15) is 58.8 Å². The third-order valence-corrected chi connectivity index (χ3v) is 9.32. The smallest absolute Gasteiger partial charge is 0.338 e. The van der Waals surface area contributed by atoms with Gasteiger partial charge in [0.2, 0.25) is 5.91 Å². The topological polar surface area (TPSA) is 87.2 Å². The van der Waals surface area contributed by atoms with Gasteiger partial charge in [0.25, 0.3) is 0 Å². The van der Waals surface area contributed by atoms with Crippen LogP contribution in [0.25, 0.3) is 0 Å². The Bertz CT molecular complexity index is 1120. The maximum Gasteiger partial charge on any atom is 0.338 e. The van der Waals surface area contributed by atoms with E-state index in [0.717, 1.165) is 54.7 Å². The number of β-amino-alcohol motifs (C(OH)–C–C–N with tert-alkyl or cyclic N) is 1. The highest BCUT2D eigenvalue weighted by Gasteiger charge is 2.49. The van der Waals surface area contributed by atoms with Crippen LogP contribution < -0.4 is 0 Å². The highest BCUT2D eigenvalue weighted by Crippen LogP contribution is 2.44. The number of hydrogen-bond donors (Lipinski definition) is 1. The average molecular weight is 459 g/mol. The van der Waals surface area contributed by atoms with Crippen molar-refractivity contribution in [3.63, 3.8) is 0 Å². The fourth-order valence-corrected chi connectivity index (χ4v) is 7.05. The Morgan fingerprint density at radius 1 is 1.22 bits per heavy atom. The zero-order valence-electron chi connectivity index (χ0n) is 18.5. The lowest BCUT2D eigenvalue weighted by Crippen LogP contribution is -2.45. The van der Waals surface area contributed by atoms with Gasteiger partial charge in [0.05, 0.1) is 17.1 Å². The van der Waals surface area contributed by atoms with E-state index in [1.165, 1.54) is 0 Å². The summed E-state index contributed by atoms with van der Waals surface area (Å²) in [6.45, 7) is 4.90. The van der Waals surface area contributed by atoms with Gasteiger partial charge in [-0.1, -0.05) is 6.07 Å². The number of piperidine rings is 1. The molecule has 1 N–H and O–H groups in total. The minimum Gasteiger partial charge on any atom is -0.457 e. The molecule has 1 aromatic rings. The van der Waals surface area contributed by atoms with Gasteiger partial charge >= 0.3 is 5.97 Å². The van der Waals surface area contributed by atoms with Crippen molar-refractivity contribution < 1.29 is 23.6 Å². The van der Waals surface area contributed by atoms with Gasteiger partial charge in [0, 0.05) is 35.5 Å². The van der Waals surface area contributed by atoms with Crippen molar-refractivity contribution in [2.75, 3.05) is 31.9 Å². The first-order valence-electron chi connectivity index (χ1n) is 11.3. The van der Waals surface area contributed by atoms with E-state index in [2.05, 4.69) is 10.8 Å². The molecule has 5 rings (SSSR count). The number of carbonyl (C=O) groups excluding carboxylic acids is 2. The normalized spacial score (nSPS) is 28.2. The van der Waals surface area contributed by atoms with Crippen molar-refractivity contribution in [1.29, 1.82) is 0 Å². The van der Waals surface area contributed by atoms with Gasteiger partial charge in [0.1, 0.15) is 6.61 Å². The summed E-state index contributed by atoms with van der Waals surface area (Å²) >= 11 is 0. The van der Waals surface area contributed by atoms with E-state index in [4.69, 9.17) is 4.74 Å². The van der Waals surface area contributed by atoms with E-state index < -0.39 is 15.6 Å². The quantitative estimate of drug-likeness (QED) is 0.548. The lowest BCUT2D eigenvalue weighted by atomic mass is 9.77. The number of rotatable bonds is 4. The van der Waals surface area contributed by atoms with Gasteiger partial charge in [-0.2, -0.15) is 0 Å². The molecule has 4 aliphatic rings. The summed E-state index contributed by atoms with van der Waals surface area (Å²) < 4.78 is 17.3. The van der Waals surface area contributed by atoms with Crippen molar-refractivity contribution >= 4 is 27.3 Å². The minimum atomic E-state index is -2.18.